The van der Waals surface area contributed by atoms with Crippen LogP contribution in [0.1, 0.15) is 18.9 Å². The molecule has 0 radical (unpaired) electrons. The highest BCUT2D eigenvalue weighted by Crippen LogP contribution is 2.31. The van der Waals surface area contributed by atoms with Crippen molar-refractivity contribution >= 4 is 11.6 Å². The summed E-state index contributed by atoms with van der Waals surface area (Å²) in [4.78, 5) is 20.0. The summed E-state index contributed by atoms with van der Waals surface area (Å²) in [5, 5.41) is 4.14. The largest absolute Gasteiger partial charge is 0.496 e. The number of carbonyl (C=O) groups excluding carboxylic acids is 1. The maximum atomic E-state index is 12.7. The average Bonchev–Trinajstić information content (AvgIpc) is 2.98. The molecule has 0 spiro atoms. The van der Waals surface area contributed by atoms with Gasteiger partial charge in [-0.3, -0.25) is 4.79 Å². The van der Waals surface area contributed by atoms with Gasteiger partial charge in [-0.15, -0.1) is 0 Å². The van der Waals surface area contributed by atoms with Crippen LogP contribution in [0.4, 0.5) is 0 Å². The van der Waals surface area contributed by atoms with Crippen molar-refractivity contribution in [3.05, 3.63) is 29.8 Å². The maximum absolute atomic E-state index is 12.7. The molecular weight excluding hydrogens is 284 g/mol. The lowest BCUT2D eigenvalue weighted by Crippen LogP contribution is -2.51. The number of hydrogen-bond acceptors (Lipinski definition) is 5. The Hall–Kier alpha value is -2.08. The number of morpholine rings is 1. The predicted molar refractivity (Wildman–Crippen MR) is 81.0 cm³/mol. The molecule has 1 aromatic rings. The highest BCUT2D eigenvalue weighted by molar-refractivity contribution is 6.07. The Kier molecular flexibility index (Phi) is 4.02. The molecule has 3 rings (SSSR count). The summed E-state index contributed by atoms with van der Waals surface area (Å²) in [6, 6.07) is 7.61. The van der Waals surface area contributed by atoms with Gasteiger partial charge < -0.3 is 19.2 Å². The van der Waals surface area contributed by atoms with Crippen LogP contribution in [-0.2, 0) is 14.4 Å². The van der Waals surface area contributed by atoms with Crippen LogP contribution in [0.2, 0.25) is 0 Å². The fourth-order valence-corrected chi connectivity index (χ4v) is 2.78. The molecule has 6 heteroatoms. The number of oxime groups is 1. The summed E-state index contributed by atoms with van der Waals surface area (Å²) in [6.07, 6.45) is 0.434. The summed E-state index contributed by atoms with van der Waals surface area (Å²) in [5.74, 6) is 0.692. The minimum atomic E-state index is -0.951. The molecule has 1 aromatic carbocycles. The molecule has 1 saturated heterocycles. The molecule has 2 aliphatic rings. The van der Waals surface area contributed by atoms with Crippen molar-refractivity contribution in [3.8, 4) is 5.75 Å². The van der Waals surface area contributed by atoms with E-state index in [4.69, 9.17) is 14.3 Å². The maximum Gasteiger partial charge on any atom is 0.269 e. The highest BCUT2D eigenvalue weighted by atomic mass is 16.7. The van der Waals surface area contributed by atoms with Gasteiger partial charge in [-0.1, -0.05) is 17.3 Å². The zero-order valence-corrected chi connectivity index (χ0v) is 12.9. The van der Waals surface area contributed by atoms with E-state index in [1.807, 2.05) is 24.3 Å². The third kappa shape index (κ3) is 2.66. The summed E-state index contributed by atoms with van der Waals surface area (Å²) < 4.78 is 10.6. The summed E-state index contributed by atoms with van der Waals surface area (Å²) >= 11 is 0. The van der Waals surface area contributed by atoms with Crippen LogP contribution in [-0.4, -0.2) is 55.5 Å². The predicted octanol–water partition coefficient (Wildman–Crippen LogP) is 1.44. The molecule has 0 aliphatic carbocycles. The SMILES string of the molecule is COc1ccccc1C1=NO[C@@](C)(C(=O)N2CCOCC2)C1. The second-order valence-corrected chi connectivity index (χ2v) is 5.64. The fraction of sp³-hybridized carbons (Fsp3) is 0.500. The summed E-state index contributed by atoms with van der Waals surface area (Å²) in [5.41, 5.74) is 0.651. The molecule has 118 valence electrons. The van der Waals surface area contributed by atoms with E-state index in [0.29, 0.717) is 32.7 Å². The standard InChI is InChI=1S/C16H20N2O4/c1-16(15(19)18-7-9-21-10-8-18)11-13(17-22-16)12-5-3-4-6-14(12)20-2/h3-6H,7-11H2,1-2H3/t16-/m1/s1. The molecule has 0 unspecified atom stereocenters. The van der Waals surface area contributed by atoms with Gasteiger partial charge in [-0.05, 0) is 19.1 Å². The molecule has 1 amide bonds. The minimum absolute atomic E-state index is 0.0375. The first-order valence-corrected chi connectivity index (χ1v) is 7.39. The third-order valence-corrected chi connectivity index (χ3v) is 4.03. The average molecular weight is 304 g/mol. The number of benzene rings is 1. The van der Waals surface area contributed by atoms with E-state index in [9.17, 15) is 4.79 Å². The number of rotatable bonds is 3. The molecule has 6 nitrogen and oxygen atoms in total. The van der Waals surface area contributed by atoms with Gasteiger partial charge in [0.15, 0.2) is 0 Å². The zero-order valence-electron chi connectivity index (χ0n) is 12.9. The van der Waals surface area contributed by atoms with Crippen LogP contribution in [0.15, 0.2) is 29.4 Å². The van der Waals surface area contributed by atoms with E-state index < -0.39 is 5.60 Å². The van der Waals surface area contributed by atoms with Crippen LogP contribution < -0.4 is 4.74 Å². The number of amides is 1. The molecule has 0 bridgehead atoms. The van der Waals surface area contributed by atoms with Crippen LogP contribution >= 0.6 is 0 Å². The van der Waals surface area contributed by atoms with Crippen LogP contribution in [0.25, 0.3) is 0 Å². The number of hydrogen-bond donors (Lipinski definition) is 0. The second kappa shape index (κ2) is 5.96. The molecule has 0 saturated carbocycles. The van der Waals surface area contributed by atoms with Crippen LogP contribution in [0, 0.1) is 0 Å². The molecule has 1 fully saturated rings. The lowest BCUT2D eigenvalue weighted by molar-refractivity contribution is -0.157. The van der Waals surface area contributed by atoms with Crippen molar-refractivity contribution in [2.45, 2.75) is 18.9 Å². The molecule has 0 aromatic heterocycles. The third-order valence-electron chi connectivity index (χ3n) is 4.03. The van der Waals surface area contributed by atoms with E-state index in [-0.39, 0.29) is 5.91 Å². The quantitative estimate of drug-likeness (QED) is 0.848. The number of para-hydroxylation sites is 1. The van der Waals surface area contributed by atoms with Crippen LogP contribution in [0.3, 0.4) is 0 Å². The second-order valence-electron chi connectivity index (χ2n) is 5.64. The Morgan fingerprint density at radius 1 is 1.32 bits per heavy atom. The topological polar surface area (TPSA) is 60.4 Å². The number of ether oxygens (including phenoxy) is 2. The Labute approximate surface area is 129 Å². The minimum Gasteiger partial charge on any atom is -0.496 e. The van der Waals surface area contributed by atoms with Gasteiger partial charge in [0.05, 0.1) is 26.0 Å². The summed E-state index contributed by atoms with van der Waals surface area (Å²) in [7, 11) is 1.62. The van der Waals surface area contributed by atoms with Gasteiger partial charge in [0.25, 0.3) is 5.91 Å². The number of methoxy groups -OCH3 is 1. The van der Waals surface area contributed by atoms with Gasteiger partial charge in [0, 0.05) is 25.1 Å². The van der Waals surface area contributed by atoms with E-state index in [0.717, 1.165) is 17.0 Å². The van der Waals surface area contributed by atoms with Gasteiger partial charge in [0.1, 0.15) is 5.75 Å². The van der Waals surface area contributed by atoms with Gasteiger partial charge in [-0.2, -0.15) is 0 Å². The van der Waals surface area contributed by atoms with E-state index >= 15 is 0 Å². The lowest BCUT2D eigenvalue weighted by atomic mass is 9.94. The van der Waals surface area contributed by atoms with Crippen molar-refractivity contribution in [1.82, 2.24) is 4.90 Å². The molecule has 0 N–H and O–H groups in total. The van der Waals surface area contributed by atoms with Gasteiger partial charge in [0.2, 0.25) is 5.60 Å². The van der Waals surface area contributed by atoms with Crippen LogP contribution in [0.5, 0.6) is 5.75 Å². The molecule has 2 aliphatic heterocycles. The molecule has 1 atom stereocenters. The van der Waals surface area contributed by atoms with Crippen molar-refractivity contribution in [1.29, 1.82) is 0 Å². The first kappa shape index (κ1) is 14.8. The fourth-order valence-electron chi connectivity index (χ4n) is 2.78. The molecule has 22 heavy (non-hydrogen) atoms. The Morgan fingerprint density at radius 2 is 2.05 bits per heavy atom. The molecule has 2 heterocycles. The van der Waals surface area contributed by atoms with E-state index in [2.05, 4.69) is 5.16 Å². The number of carbonyl (C=O) groups is 1. The van der Waals surface area contributed by atoms with Crippen molar-refractivity contribution < 1.29 is 19.1 Å². The van der Waals surface area contributed by atoms with E-state index in [1.165, 1.54) is 0 Å². The van der Waals surface area contributed by atoms with Crippen molar-refractivity contribution in [2.75, 3.05) is 33.4 Å². The van der Waals surface area contributed by atoms with Crippen molar-refractivity contribution in [2.24, 2.45) is 5.16 Å². The summed E-state index contributed by atoms with van der Waals surface area (Å²) in [6.45, 7) is 4.13. The highest BCUT2D eigenvalue weighted by Gasteiger charge is 2.45. The smallest absolute Gasteiger partial charge is 0.269 e. The lowest BCUT2D eigenvalue weighted by Gasteiger charge is -2.32. The zero-order chi connectivity index (χ0) is 15.6. The Morgan fingerprint density at radius 3 is 2.77 bits per heavy atom. The first-order chi connectivity index (χ1) is 10.6. The van der Waals surface area contributed by atoms with Gasteiger partial charge >= 0.3 is 0 Å². The van der Waals surface area contributed by atoms with Crippen molar-refractivity contribution in [3.63, 3.8) is 0 Å². The van der Waals surface area contributed by atoms with Gasteiger partial charge in [-0.25, -0.2) is 0 Å². The number of nitrogens with zero attached hydrogens (tertiary/aromatic N) is 2. The normalized spacial score (nSPS) is 24.6. The monoisotopic (exact) mass is 304 g/mol. The molecular formula is C16H20N2O4. The Balaban J connectivity index is 1.76. The first-order valence-electron chi connectivity index (χ1n) is 7.39. The Bertz CT molecular complexity index is 596. The van der Waals surface area contributed by atoms with E-state index in [1.54, 1.807) is 18.9 Å².